The van der Waals surface area contributed by atoms with Crippen molar-refractivity contribution in [3.05, 3.63) is 59.3 Å². The van der Waals surface area contributed by atoms with Gasteiger partial charge in [-0.3, -0.25) is 0 Å². The average Bonchev–Trinajstić information content (AvgIpc) is 3.32. The number of hydrogen-bond acceptors (Lipinski definition) is 7. The normalized spacial score (nSPS) is 13.7. The Morgan fingerprint density at radius 3 is 3.00 bits per heavy atom. The second kappa shape index (κ2) is 8.18. The third-order valence-electron chi connectivity index (χ3n) is 4.55. The van der Waals surface area contributed by atoms with Crippen molar-refractivity contribution in [1.82, 2.24) is 4.98 Å². The topological polar surface area (TPSA) is 72.8 Å². The van der Waals surface area contributed by atoms with Crippen LogP contribution in [0.4, 0.5) is 5.00 Å². The van der Waals surface area contributed by atoms with Gasteiger partial charge in [0.05, 0.1) is 31.6 Å². The van der Waals surface area contributed by atoms with E-state index < -0.39 is 6.41 Å². The number of methoxy groups -OCH3 is 1. The molecule has 7 heteroatoms. The van der Waals surface area contributed by atoms with Gasteiger partial charge in [-0.15, -0.1) is 0 Å². The highest BCUT2D eigenvalue weighted by molar-refractivity contribution is 7.19. The Kier molecular flexibility index (Phi) is 5.47. The van der Waals surface area contributed by atoms with Crippen molar-refractivity contribution >= 4 is 16.3 Å². The Bertz CT molecular complexity index is 973. The van der Waals surface area contributed by atoms with Crippen LogP contribution in [0.2, 0.25) is 0 Å². The molecule has 3 aromatic rings. The lowest BCUT2D eigenvalue weighted by molar-refractivity contribution is -0.0870. The number of ether oxygens (including phenoxy) is 3. The van der Waals surface area contributed by atoms with E-state index in [1.54, 1.807) is 7.11 Å². The van der Waals surface area contributed by atoms with Crippen molar-refractivity contribution in [2.24, 2.45) is 0 Å². The molecule has 1 aromatic heterocycles. The van der Waals surface area contributed by atoms with Crippen molar-refractivity contribution in [2.75, 3.05) is 19.0 Å². The van der Waals surface area contributed by atoms with E-state index in [1.807, 2.05) is 43.3 Å². The minimum Gasteiger partial charge on any atom is -0.496 e. The van der Waals surface area contributed by atoms with Gasteiger partial charge in [0.1, 0.15) is 21.5 Å². The minimum absolute atomic E-state index is 0.304. The van der Waals surface area contributed by atoms with E-state index in [0.29, 0.717) is 6.61 Å². The van der Waals surface area contributed by atoms with Crippen LogP contribution in [0, 0.1) is 6.92 Å². The van der Waals surface area contributed by atoms with Crippen LogP contribution in [0.1, 0.15) is 16.8 Å². The number of aromatic nitrogens is 1. The standard InChI is InChI=1S/C21H22N2O4S/c1-13-19(28-20(22-13)16-5-3-4-6-18(16)25-2)23-21(24)27-12-14-7-8-17-15(11-14)9-10-26-17/h3-8,11,21,23-24H,9-10,12H2,1-2H3. The van der Waals surface area contributed by atoms with E-state index in [9.17, 15) is 5.11 Å². The van der Waals surface area contributed by atoms with Crippen molar-refractivity contribution in [3.8, 4) is 22.1 Å². The number of aliphatic hydroxyl groups is 1. The summed E-state index contributed by atoms with van der Waals surface area (Å²) in [4.78, 5) is 4.60. The molecule has 1 aliphatic rings. The molecule has 1 atom stereocenters. The van der Waals surface area contributed by atoms with Gasteiger partial charge in [0.15, 0.2) is 0 Å². The second-order valence-electron chi connectivity index (χ2n) is 6.48. The van der Waals surface area contributed by atoms with Gasteiger partial charge in [-0.2, -0.15) is 0 Å². The van der Waals surface area contributed by atoms with Gasteiger partial charge in [-0.05, 0) is 42.3 Å². The summed E-state index contributed by atoms with van der Waals surface area (Å²) in [5, 5.41) is 14.8. The molecule has 0 spiro atoms. The molecule has 0 amide bonds. The first-order chi connectivity index (χ1) is 13.6. The van der Waals surface area contributed by atoms with Gasteiger partial charge in [-0.1, -0.05) is 29.5 Å². The van der Waals surface area contributed by atoms with Crippen LogP contribution in [0.5, 0.6) is 11.5 Å². The Labute approximate surface area is 167 Å². The zero-order valence-electron chi connectivity index (χ0n) is 15.8. The summed E-state index contributed by atoms with van der Waals surface area (Å²) in [7, 11) is 1.64. The molecule has 0 saturated heterocycles. The Morgan fingerprint density at radius 2 is 2.14 bits per heavy atom. The van der Waals surface area contributed by atoms with E-state index in [4.69, 9.17) is 14.2 Å². The first-order valence-corrected chi connectivity index (χ1v) is 9.87. The lowest BCUT2D eigenvalue weighted by Gasteiger charge is -2.14. The van der Waals surface area contributed by atoms with Crippen LogP contribution in [0.25, 0.3) is 10.6 Å². The highest BCUT2D eigenvalue weighted by Gasteiger charge is 2.16. The Hall–Kier alpha value is -2.61. The summed E-state index contributed by atoms with van der Waals surface area (Å²) in [6.45, 7) is 2.92. The lowest BCUT2D eigenvalue weighted by atomic mass is 10.1. The number of nitrogens with one attached hydrogen (secondary N) is 1. The van der Waals surface area contributed by atoms with E-state index in [-0.39, 0.29) is 0 Å². The molecule has 2 heterocycles. The van der Waals surface area contributed by atoms with Crippen molar-refractivity contribution in [2.45, 2.75) is 26.4 Å². The molecule has 0 fully saturated rings. The molecule has 146 valence electrons. The van der Waals surface area contributed by atoms with E-state index in [1.165, 1.54) is 16.9 Å². The maximum Gasteiger partial charge on any atom is 0.236 e. The zero-order chi connectivity index (χ0) is 19.5. The number of fused-ring (bicyclic) bond motifs is 1. The Morgan fingerprint density at radius 1 is 1.29 bits per heavy atom. The molecule has 2 N–H and O–H groups in total. The fraction of sp³-hybridized carbons (Fsp3) is 0.286. The lowest BCUT2D eigenvalue weighted by Crippen LogP contribution is -2.22. The van der Waals surface area contributed by atoms with Crippen LogP contribution in [0.3, 0.4) is 0 Å². The monoisotopic (exact) mass is 398 g/mol. The van der Waals surface area contributed by atoms with Crippen molar-refractivity contribution in [3.63, 3.8) is 0 Å². The number of anilines is 1. The number of nitrogens with zero attached hydrogens (tertiary/aromatic N) is 1. The molecule has 28 heavy (non-hydrogen) atoms. The number of para-hydroxylation sites is 1. The molecule has 2 aromatic carbocycles. The predicted octanol–water partition coefficient (Wildman–Crippen LogP) is 3.97. The molecular formula is C21H22N2O4S. The third kappa shape index (κ3) is 3.96. The highest BCUT2D eigenvalue weighted by Crippen LogP contribution is 2.36. The molecule has 1 aliphatic heterocycles. The van der Waals surface area contributed by atoms with E-state index in [2.05, 4.69) is 16.4 Å². The van der Waals surface area contributed by atoms with Crippen LogP contribution < -0.4 is 14.8 Å². The molecule has 0 aliphatic carbocycles. The summed E-state index contributed by atoms with van der Waals surface area (Å²) in [6, 6.07) is 13.7. The average molecular weight is 398 g/mol. The van der Waals surface area contributed by atoms with E-state index in [0.717, 1.165) is 51.4 Å². The number of hydrogen-bond donors (Lipinski definition) is 2. The maximum atomic E-state index is 10.3. The summed E-state index contributed by atoms with van der Waals surface area (Å²) < 4.78 is 16.5. The fourth-order valence-corrected chi connectivity index (χ4v) is 4.13. The number of rotatable bonds is 7. The minimum atomic E-state index is -1.13. The highest BCUT2D eigenvalue weighted by atomic mass is 32.1. The van der Waals surface area contributed by atoms with Crippen LogP contribution in [-0.4, -0.2) is 30.2 Å². The summed E-state index contributed by atoms with van der Waals surface area (Å²) in [6.07, 6.45) is -0.218. The molecule has 1 unspecified atom stereocenters. The van der Waals surface area contributed by atoms with Gasteiger partial charge in [0, 0.05) is 6.42 Å². The molecule has 4 rings (SSSR count). The largest absolute Gasteiger partial charge is 0.496 e. The predicted molar refractivity (Wildman–Crippen MR) is 109 cm³/mol. The van der Waals surface area contributed by atoms with Gasteiger partial charge >= 0.3 is 0 Å². The molecule has 6 nitrogen and oxygen atoms in total. The van der Waals surface area contributed by atoms with Gasteiger partial charge in [-0.25, -0.2) is 4.98 Å². The molecule has 0 bridgehead atoms. The SMILES string of the molecule is COc1ccccc1-c1nc(C)c(NC(O)OCc2ccc3c(c2)CCO3)s1. The molecule has 0 radical (unpaired) electrons. The third-order valence-corrected chi connectivity index (χ3v) is 5.67. The number of benzene rings is 2. The fourth-order valence-electron chi connectivity index (χ4n) is 3.13. The van der Waals surface area contributed by atoms with Crippen LogP contribution in [0.15, 0.2) is 42.5 Å². The summed E-state index contributed by atoms with van der Waals surface area (Å²) >= 11 is 1.45. The van der Waals surface area contributed by atoms with Crippen molar-refractivity contribution < 1.29 is 19.3 Å². The second-order valence-corrected chi connectivity index (χ2v) is 7.48. The quantitative estimate of drug-likeness (QED) is 0.587. The number of aryl methyl sites for hydroxylation is 1. The molecule has 0 saturated carbocycles. The van der Waals surface area contributed by atoms with Crippen molar-refractivity contribution in [1.29, 1.82) is 0 Å². The smallest absolute Gasteiger partial charge is 0.236 e. The first kappa shape index (κ1) is 18.7. The first-order valence-electron chi connectivity index (χ1n) is 9.05. The maximum absolute atomic E-state index is 10.3. The van der Waals surface area contributed by atoms with Gasteiger partial charge in [0.25, 0.3) is 0 Å². The van der Waals surface area contributed by atoms with E-state index >= 15 is 0 Å². The molecular weight excluding hydrogens is 376 g/mol. The number of aliphatic hydroxyl groups excluding tert-OH is 1. The van der Waals surface area contributed by atoms with Crippen LogP contribution >= 0.6 is 11.3 Å². The van der Waals surface area contributed by atoms with Gasteiger partial charge in [0.2, 0.25) is 6.41 Å². The summed E-state index contributed by atoms with van der Waals surface area (Å²) in [5.74, 6) is 1.70. The van der Waals surface area contributed by atoms with Gasteiger partial charge < -0.3 is 24.6 Å². The van der Waals surface area contributed by atoms with Crippen LogP contribution in [-0.2, 0) is 17.8 Å². The Balaban J connectivity index is 1.41. The summed E-state index contributed by atoms with van der Waals surface area (Å²) in [5.41, 5.74) is 3.90. The zero-order valence-corrected chi connectivity index (χ0v) is 16.6. The number of thiazole rings is 1.